The number of hydrogen-bond acceptors (Lipinski definition) is 5. The fourth-order valence-corrected chi connectivity index (χ4v) is 5.34. The molecule has 0 spiro atoms. The minimum atomic E-state index is -3.74. The van der Waals surface area contributed by atoms with Gasteiger partial charge in [0, 0.05) is 31.0 Å². The molecule has 1 heterocycles. The number of hydrogen-bond donors (Lipinski definition) is 1. The van der Waals surface area contributed by atoms with Gasteiger partial charge in [0.1, 0.15) is 11.5 Å². The quantitative estimate of drug-likeness (QED) is 0.710. The number of rotatable bonds is 8. The van der Waals surface area contributed by atoms with Gasteiger partial charge in [-0.25, -0.2) is 8.42 Å². The Balaban J connectivity index is 1.84. The van der Waals surface area contributed by atoms with E-state index < -0.39 is 21.3 Å². The fourth-order valence-electron chi connectivity index (χ4n) is 3.71. The zero-order valence-corrected chi connectivity index (χ0v) is 17.2. The number of primary amides is 1. The first-order valence-corrected chi connectivity index (χ1v) is 10.9. The molecule has 0 saturated carbocycles. The molecule has 29 heavy (non-hydrogen) atoms. The third-order valence-corrected chi connectivity index (χ3v) is 6.98. The lowest BCUT2D eigenvalue weighted by Crippen LogP contribution is -2.50. The summed E-state index contributed by atoms with van der Waals surface area (Å²) in [5.41, 5.74) is 4.83. The van der Waals surface area contributed by atoms with Crippen LogP contribution in [0.5, 0.6) is 11.5 Å². The molecule has 1 saturated heterocycles. The van der Waals surface area contributed by atoms with E-state index in [1.807, 2.05) is 30.3 Å². The molecule has 2 aromatic carbocycles. The van der Waals surface area contributed by atoms with E-state index >= 15 is 0 Å². The predicted octanol–water partition coefficient (Wildman–Crippen LogP) is 2.42. The highest BCUT2D eigenvalue weighted by atomic mass is 32.2. The van der Waals surface area contributed by atoms with Crippen LogP contribution in [0.15, 0.2) is 59.5 Å². The van der Waals surface area contributed by atoms with Crippen LogP contribution < -0.4 is 15.2 Å². The molecule has 1 aliphatic rings. The molecule has 2 aromatic rings. The molecular weight excluding hydrogens is 392 g/mol. The first-order valence-electron chi connectivity index (χ1n) is 9.45. The van der Waals surface area contributed by atoms with Crippen LogP contribution in [0.2, 0.25) is 0 Å². The molecule has 0 radical (unpaired) electrons. The molecule has 1 aliphatic heterocycles. The summed E-state index contributed by atoms with van der Waals surface area (Å²) in [6, 6.07) is 15.6. The van der Waals surface area contributed by atoms with Crippen molar-refractivity contribution in [1.29, 1.82) is 0 Å². The van der Waals surface area contributed by atoms with Gasteiger partial charge in [-0.3, -0.25) is 4.79 Å². The molecule has 2 N–H and O–H groups in total. The number of sulfonamides is 1. The fraction of sp³-hybridized carbons (Fsp3) is 0.381. The number of para-hydroxylation sites is 1. The van der Waals surface area contributed by atoms with Crippen molar-refractivity contribution in [2.24, 2.45) is 11.1 Å². The average Bonchev–Trinajstić information content (AvgIpc) is 2.73. The maximum atomic E-state index is 13.2. The summed E-state index contributed by atoms with van der Waals surface area (Å²) in [6.45, 7) is 0.762. The zero-order chi connectivity index (χ0) is 20.9. The van der Waals surface area contributed by atoms with Crippen molar-refractivity contribution in [2.75, 3.05) is 26.8 Å². The highest BCUT2D eigenvalue weighted by Gasteiger charge is 2.42. The molecule has 3 rings (SSSR count). The number of carbonyl (C=O) groups excluding carboxylic acids is 1. The van der Waals surface area contributed by atoms with Gasteiger partial charge in [-0.1, -0.05) is 24.3 Å². The topological polar surface area (TPSA) is 98.9 Å². The van der Waals surface area contributed by atoms with Gasteiger partial charge < -0.3 is 15.2 Å². The molecule has 0 aromatic heterocycles. The van der Waals surface area contributed by atoms with Gasteiger partial charge in [-0.15, -0.1) is 0 Å². The summed E-state index contributed by atoms with van der Waals surface area (Å²) in [7, 11) is -2.25. The van der Waals surface area contributed by atoms with E-state index in [4.69, 9.17) is 15.2 Å². The minimum Gasteiger partial charge on any atom is -0.497 e. The van der Waals surface area contributed by atoms with E-state index in [1.165, 1.54) is 17.5 Å². The Bertz CT molecular complexity index is 949. The van der Waals surface area contributed by atoms with Crippen LogP contribution in [0.25, 0.3) is 0 Å². The second-order valence-corrected chi connectivity index (χ2v) is 9.30. The van der Waals surface area contributed by atoms with Crippen LogP contribution in [-0.4, -0.2) is 45.4 Å². The van der Waals surface area contributed by atoms with Gasteiger partial charge >= 0.3 is 0 Å². The summed E-state index contributed by atoms with van der Waals surface area (Å²) in [5, 5.41) is 0. The van der Waals surface area contributed by atoms with Gasteiger partial charge in [0.05, 0.1) is 18.6 Å². The minimum absolute atomic E-state index is 0.0595. The van der Waals surface area contributed by atoms with Gasteiger partial charge in [-0.05, 0) is 37.1 Å². The SMILES string of the molecule is COc1cccc(S(=O)(=O)N2CCC[C@](COc3ccccc3)(CC(N)=O)C2)c1. The highest BCUT2D eigenvalue weighted by molar-refractivity contribution is 7.89. The summed E-state index contributed by atoms with van der Waals surface area (Å²) >= 11 is 0. The summed E-state index contributed by atoms with van der Waals surface area (Å²) < 4.78 is 38.9. The van der Waals surface area contributed by atoms with Crippen molar-refractivity contribution in [3.8, 4) is 11.5 Å². The number of ether oxygens (including phenoxy) is 2. The maximum Gasteiger partial charge on any atom is 0.243 e. The number of amides is 1. The second kappa shape index (κ2) is 8.84. The Hall–Kier alpha value is -2.58. The van der Waals surface area contributed by atoms with Crippen molar-refractivity contribution >= 4 is 15.9 Å². The van der Waals surface area contributed by atoms with Crippen LogP contribution in [0.1, 0.15) is 19.3 Å². The van der Waals surface area contributed by atoms with Crippen LogP contribution >= 0.6 is 0 Å². The zero-order valence-electron chi connectivity index (χ0n) is 16.4. The maximum absolute atomic E-state index is 13.2. The smallest absolute Gasteiger partial charge is 0.243 e. The van der Waals surface area contributed by atoms with Crippen LogP contribution in [0.3, 0.4) is 0 Å². The first kappa shape index (κ1) is 21.1. The summed E-state index contributed by atoms with van der Waals surface area (Å²) in [6.07, 6.45) is 1.34. The van der Waals surface area contributed by atoms with Gasteiger partial charge in [-0.2, -0.15) is 4.31 Å². The summed E-state index contributed by atoms with van der Waals surface area (Å²) in [5.74, 6) is 0.672. The largest absolute Gasteiger partial charge is 0.497 e. The van der Waals surface area contributed by atoms with E-state index in [0.29, 0.717) is 30.9 Å². The lowest BCUT2D eigenvalue weighted by Gasteiger charge is -2.41. The van der Waals surface area contributed by atoms with Crippen molar-refractivity contribution in [1.82, 2.24) is 4.31 Å². The van der Waals surface area contributed by atoms with Gasteiger partial charge in [0.25, 0.3) is 0 Å². The van der Waals surface area contributed by atoms with Crippen LogP contribution in [0.4, 0.5) is 0 Å². The number of methoxy groups -OCH3 is 1. The van der Waals surface area contributed by atoms with Crippen molar-refractivity contribution in [3.63, 3.8) is 0 Å². The predicted molar refractivity (Wildman–Crippen MR) is 109 cm³/mol. The third kappa shape index (κ3) is 5.07. The summed E-state index contributed by atoms with van der Waals surface area (Å²) in [4.78, 5) is 11.9. The van der Waals surface area contributed by atoms with Crippen molar-refractivity contribution in [3.05, 3.63) is 54.6 Å². The third-order valence-electron chi connectivity index (χ3n) is 5.14. The van der Waals surface area contributed by atoms with E-state index in [2.05, 4.69) is 0 Å². The Morgan fingerprint density at radius 1 is 1.14 bits per heavy atom. The molecule has 1 fully saturated rings. The number of piperidine rings is 1. The number of carbonyl (C=O) groups is 1. The first-order chi connectivity index (χ1) is 13.8. The van der Waals surface area contributed by atoms with Gasteiger partial charge in [0.2, 0.25) is 15.9 Å². The molecule has 8 heteroatoms. The Kier molecular flexibility index (Phi) is 6.44. The second-order valence-electron chi connectivity index (χ2n) is 7.37. The standard InChI is InChI=1S/C21H26N2O5S/c1-27-18-9-5-10-19(13-18)29(25,26)23-12-6-11-21(15-23,14-20(22)24)16-28-17-7-3-2-4-8-17/h2-5,7-10,13H,6,11-12,14-16H2,1H3,(H2,22,24)/t21-/m0/s1. The normalized spacial score (nSPS) is 20.2. The number of nitrogens with two attached hydrogens (primary N) is 1. The van der Waals surface area contributed by atoms with E-state index in [1.54, 1.807) is 18.2 Å². The number of benzene rings is 2. The van der Waals surface area contributed by atoms with Gasteiger partial charge in [0.15, 0.2) is 0 Å². The molecule has 1 amide bonds. The molecule has 0 bridgehead atoms. The van der Waals surface area contributed by atoms with Crippen LogP contribution in [0, 0.1) is 5.41 Å². The molecule has 7 nitrogen and oxygen atoms in total. The lowest BCUT2D eigenvalue weighted by molar-refractivity contribution is -0.121. The van der Waals surface area contributed by atoms with Crippen LogP contribution in [-0.2, 0) is 14.8 Å². The van der Waals surface area contributed by atoms with E-state index in [9.17, 15) is 13.2 Å². The highest BCUT2D eigenvalue weighted by Crippen LogP contribution is 2.37. The number of nitrogens with zero attached hydrogens (tertiary/aromatic N) is 1. The van der Waals surface area contributed by atoms with Crippen molar-refractivity contribution < 1.29 is 22.7 Å². The van der Waals surface area contributed by atoms with Crippen molar-refractivity contribution in [2.45, 2.75) is 24.2 Å². The molecule has 0 unspecified atom stereocenters. The molecular formula is C21H26N2O5S. The van der Waals surface area contributed by atoms with E-state index in [0.717, 1.165) is 0 Å². The lowest BCUT2D eigenvalue weighted by atomic mass is 9.78. The average molecular weight is 419 g/mol. The molecule has 1 atom stereocenters. The molecule has 0 aliphatic carbocycles. The molecule has 156 valence electrons. The van der Waals surface area contributed by atoms with E-state index in [-0.39, 0.29) is 24.5 Å². The monoisotopic (exact) mass is 418 g/mol. The Morgan fingerprint density at radius 2 is 1.86 bits per heavy atom. The Morgan fingerprint density at radius 3 is 2.55 bits per heavy atom. The Labute approximate surface area is 171 Å².